The molecule has 0 radical (unpaired) electrons. The Labute approximate surface area is 151 Å². The Kier molecular flexibility index (Phi) is 5.17. The molecule has 0 saturated carbocycles. The molecule has 0 aliphatic heterocycles. The van der Waals surface area contributed by atoms with Crippen LogP contribution >= 0.6 is 11.3 Å². The number of rotatable bonds is 6. The van der Waals surface area contributed by atoms with E-state index in [1.54, 1.807) is 42.7 Å². The molecule has 3 aromatic rings. The molecule has 130 valence electrons. The topological polar surface area (TPSA) is 68.3 Å². The molecule has 1 N–H and O–H groups in total. The maximum atomic E-state index is 12.6. The third-order valence-electron chi connectivity index (χ3n) is 3.79. The summed E-state index contributed by atoms with van der Waals surface area (Å²) in [6.07, 6.45) is 1.69. The van der Waals surface area contributed by atoms with Crippen molar-refractivity contribution < 1.29 is 13.2 Å². The molecule has 0 atom stereocenters. The molecular weight excluding hydrogens is 356 g/mol. The van der Waals surface area contributed by atoms with Gasteiger partial charge in [-0.15, -0.1) is 0 Å². The van der Waals surface area contributed by atoms with E-state index >= 15 is 0 Å². The molecular formula is C18H18N2O3S2. The third-order valence-corrected chi connectivity index (χ3v) is 6.02. The lowest BCUT2D eigenvalue weighted by atomic mass is 10.1. The number of benzene rings is 1. The number of methoxy groups -OCH3 is 1. The van der Waals surface area contributed by atoms with Gasteiger partial charge in [-0.05, 0) is 47.7 Å². The monoisotopic (exact) mass is 374 g/mol. The van der Waals surface area contributed by atoms with Gasteiger partial charge in [-0.3, -0.25) is 4.98 Å². The van der Waals surface area contributed by atoms with Crippen molar-refractivity contribution in [2.24, 2.45) is 0 Å². The molecule has 0 aliphatic carbocycles. The van der Waals surface area contributed by atoms with E-state index in [-0.39, 0.29) is 11.4 Å². The zero-order valence-electron chi connectivity index (χ0n) is 13.9. The lowest BCUT2D eigenvalue weighted by molar-refractivity contribution is 0.413. The highest BCUT2D eigenvalue weighted by Crippen LogP contribution is 2.23. The molecule has 5 nitrogen and oxygen atoms in total. The van der Waals surface area contributed by atoms with E-state index in [9.17, 15) is 8.42 Å². The van der Waals surface area contributed by atoms with Crippen LogP contribution in [0.5, 0.6) is 5.75 Å². The van der Waals surface area contributed by atoms with Crippen LogP contribution in [-0.4, -0.2) is 20.5 Å². The number of ether oxygens (including phenoxy) is 1. The first kappa shape index (κ1) is 17.6. The summed E-state index contributed by atoms with van der Waals surface area (Å²) in [6, 6.07) is 10.7. The van der Waals surface area contributed by atoms with Gasteiger partial charge in [0.15, 0.2) is 0 Å². The smallest absolute Gasteiger partial charge is 0.241 e. The van der Waals surface area contributed by atoms with Crippen LogP contribution in [0.1, 0.15) is 11.1 Å². The zero-order chi connectivity index (χ0) is 17.9. The van der Waals surface area contributed by atoms with Crippen LogP contribution in [0.2, 0.25) is 0 Å². The van der Waals surface area contributed by atoms with Crippen molar-refractivity contribution in [1.82, 2.24) is 9.71 Å². The van der Waals surface area contributed by atoms with Crippen LogP contribution in [0.25, 0.3) is 11.3 Å². The van der Waals surface area contributed by atoms with Crippen molar-refractivity contribution in [3.8, 4) is 17.0 Å². The molecule has 3 rings (SSSR count). The lowest BCUT2D eigenvalue weighted by Gasteiger charge is -2.11. The highest BCUT2D eigenvalue weighted by Gasteiger charge is 2.17. The van der Waals surface area contributed by atoms with E-state index in [0.29, 0.717) is 11.3 Å². The minimum Gasteiger partial charge on any atom is -0.497 e. The average Bonchev–Trinajstić information content (AvgIpc) is 3.15. The predicted molar refractivity (Wildman–Crippen MR) is 99.3 cm³/mol. The lowest BCUT2D eigenvalue weighted by Crippen LogP contribution is -2.24. The fourth-order valence-electron chi connectivity index (χ4n) is 2.41. The van der Waals surface area contributed by atoms with E-state index in [0.717, 1.165) is 16.8 Å². The van der Waals surface area contributed by atoms with Gasteiger partial charge in [0, 0.05) is 29.8 Å². The van der Waals surface area contributed by atoms with Gasteiger partial charge in [-0.1, -0.05) is 6.07 Å². The quantitative estimate of drug-likeness (QED) is 0.716. The standard InChI is InChI=1S/C18H18N2O3S2/c1-13-3-4-16(23-2)10-18(13)25(21,22)20-11-14-5-7-19-17(9-14)15-6-8-24-12-15/h3-10,12,20H,11H2,1-2H3. The number of nitrogens with one attached hydrogen (secondary N) is 1. The molecule has 0 amide bonds. The van der Waals surface area contributed by atoms with E-state index in [1.807, 2.05) is 22.9 Å². The Bertz CT molecular complexity index is 968. The highest BCUT2D eigenvalue weighted by molar-refractivity contribution is 7.89. The van der Waals surface area contributed by atoms with Gasteiger partial charge < -0.3 is 4.74 Å². The fourth-order valence-corrected chi connectivity index (χ4v) is 4.33. The highest BCUT2D eigenvalue weighted by atomic mass is 32.2. The second-order valence-corrected chi connectivity index (χ2v) is 8.03. The minimum atomic E-state index is -3.64. The first-order valence-electron chi connectivity index (χ1n) is 7.61. The molecule has 0 saturated heterocycles. The molecule has 0 spiro atoms. The summed E-state index contributed by atoms with van der Waals surface area (Å²) in [5.74, 6) is 0.509. The van der Waals surface area contributed by atoms with Crippen LogP contribution < -0.4 is 9.46 Å². The van der Waals surface area contributed by atoms with Crippen molar-refractivity contribution in [2.75, 3.05) is 7.11 Å². The second kappa shape index (κ2) is 7.35. The molecule has 1 aromatic carbocycles. The van der Waals surface area contributed by atoms with Crippen molar-refractivity contribution >= 4 is 21.4 Å². The largest absolute Gasteiger partial charge is 0.497 e. The first-order chi connectivity index (χ1) is 12.0. The van der Waals surface area contributed by atoms with Crippen LogP contribution in [0.4, 0.5) is 0 Å². The van der Waals surface area contributed by atoms with Crippen LogP contribution in [0.15, 0.2) is 58.3 Å². The molecule has 0 aliphatic rings. The summed E-state index contributed by atoms with van der Waals surface area (Å²) >= 11 is 1.60. The number of hydrogen-bond acceptors (Lipinski definition) is 5. The Balaban J connectivity index is 1.80. The van der Waals surface area contributed by atoms with Crippen LogP contribution in [0, 0.1) is 6.92 Å². The Hall–Kier alpha value is -2.22. The van der Waals surface area contributed by atoms with Gasteiger partial charge in [0.05, 0.1) is 17.7 Å². The Morgan fingerprint density at radius 1 is 1.20 bits per heavy atom. The van der Waals surface area contributed by atoms with Gasteiger partial charge in [0.2, 0.25) is 10.0 Å². The number of hydrogen-bond donors (Lipinski definition) is 1. The maximum absolute atomic E-state index is 12.6. The van der Waals surface area contributed by atoms with Crippen molar-refractivity contribution in [3.63, 3.8) is 0 Å². The number of aromatic nitrogens is 1. The van der Waals surface area contributed by atoms with Gasteiger partial charge in [-0.2, -0.15) is 11.3 Å². The van der Waals surface area contributed by atoms with Crippen LogP contribution in [-0.2, 0) is 16.6 Å². The SMILES string of the molecule is COc1ccc(C)c(S(=O)(=O)NCc2ccnc(-c3ccsc3)c2)c1. The Morgan fingerprint density at radius 3 is 2.76 bits per heavy atom. The summed E-state index contributed by atoms with van der Waals surface area (Å²) in [4.78, 5) is 4.56. The van der Waals surface area contributed by atoms with Gasteiger partial charge >= 0.3 is 0 Å². The van der Waals surface area contributed by atoms with E-state index in [2.05, 4.69) is 9.71 Å². The normalized spacial score (nSPS) is 11.4. The van der Waals surface area contributed by atoms with Crippen molar-refractivity contribution in [3.05, 3.63) is 64.5 Å². The number of aryl methyl sites for hydroxylation is 1. The summed E-state index contributed by atoms with van der Waals surface area (Å²) in [7, 11) is -2.13. The second-order valence-electron chi connectivity index (χ2n) is 5.52. The third kappa shape index (κ3) is 4.07. The maximum Gasteiger partial charge on any atom is 0.241 e. The van der Waals surface area contributed by atoms with Gasteiger partial charge in [-0.25, -0.2) is 13.1 Å². The summed E-state index contributed by atoms with van der Waals surface area (Å²) in [5, 5.41) is 3.99. The number of nitrogens with zero attached hydrogens (tertiary/aromatic N) is 1. The zero-order valence-corrected chi connectivity index (χ0v) is 15.5. The molecule has 0 unspecified atom stereocenters. The molecule has 7 heteroatoms. The van der Waals surface area contributed by atoms with Crippen molar-refractivity contribution in [1.29, 1.82) is 0 Å². The number of thiophene rings is 1. The summed E-state index contributed by atoms with van der Waals surface area (Å²) in [5.41, 5.74) is 3.37. The first-order valence-corrected chi connectivity index (χ1v) is 10.0. The van der Waals surface area contributed by atoms with Gasteiger partial charge in [0.25, 0.3) is 0 Å². The van der Waals surface area contributed by atoms with E-state index in [4.69, 9.17) is 4.74 Å². The average molecular weight is 374 g/mol. The van der Waals surface area contributed by atoms with E-state index in [1.165, 1.54) is 13.2 Å². The molecule has 0 fully saturated rings. The molecule has 0 bridgehead atoms. The number of sulfonamides is 1. The fraction of sp³-hybridized carbons (Fsp3) is 0.167. The summed E-state index contributed by atoms with van der Waals surface area (Å²) in [6.45, 7) is 1.95. The molecule has 25 heavy (non-hydrogen) atoms. The van der Waals surface area contributed by atoms with Crippen LogP contribution in [0.3, 0.4) is 0 Å². The summed E-state index contributed by atoms with van der Waals surface area (Å²) < 4.78 is 33.0. The Morgan fingerprint density at radius 2 is 2.04 bits per heavy atom. The number of pyridine rings is 1. The minimum absolute atomic E-state index is 0.193. The van der Waals surface area contributed by atoms with Gasteiger partial charge in [0.1, 0.15) is 5.75 Å². The predicted octanol–water partition coefficient (Wildman–Crippen LogP) is 3.61. The van der Waals surface area contributed by atoms with E-state index < -0.39 is 10.0 Å². The van der Waals surface area contributed by atoms with Crippen molar-refractivity contribution in [2.45, 2.75) is 18.4 Å². The molecule has 2 heterocycles. The molecule has 2 aromatic heterocycles.